The average Bonchev–Trinajstić information content (AvgIpc) is 2.59. The maximum atomic E-state index is 12.0. The highest BCUT2D eigenvalue weighted by molar-refractivity contribution is 7.89. The Balaban J connectivity index is 3.17. The number of rotatable bonds is 5. The molecule has 0 spiro atoms. The zero-order valence-corrected chi connectivity index (χ0v) is 10.6. The number of carboxylic acids is 1. The standard InChI is InChI=1S/C9H13N3O5S/c1-11-4-6(3-7(11)9(10)15)18(16,17)12(2)5-8(13)14/h3-4H,5H2,1-2H3,(H2,10,15)(H,13,14). The minimum absolute atomic E-state index is 0.0253. The van der Waals surface area contributed by atoms with Gasteiger partial charge >= 0.3 is 5.97 Å². The number of nitrogens with two attached hydrogens (primary N) is 1. The van der Waals surface area contributed by atoms with Crippen LogP contribution >= 0.6 is 0 Å². The lowest BCUT2D eigenvalue weighted by molar-refractivity contribution is -0.137. The third-order valence-electron chi connectivity index (χ3n) is 2.30. The van der Waals surface area contributed by atoms with E-state index in [4.69, 9.17) is 10.8 Å². The molecular formula is C9H13N3O5S. The predicted molar refractivity (Wildman–Crippen MR) is 61.4 cm³/mol. The van der Waals surface area contributed by atoms with Crippen LogP contribution in [0.15, 0.2) is 17.2 Å². The number of aliphatic carboxylic acids is 1. The van der Waals surface area contributed by atoms with Crippen molar-refractivity contribution in [3.8, 4) is 0 Å². The molecule has 0 aliphatic carbocycles. The topological polar surface area (TPSA) is 123 Å². The van der Waals surface area contributed by atoms with Crippen LogP contribution < -0.4 is 5.73 Å². The molecule has 0 saturated carbocycles. The van der Waals surface area contributed by atoms with Gasteiger partial charge in [0.2, 0.25) is 10.0 Å². The van der Waals surface area contributed by atoms with Crippen LogP contribution in [0.4, 0.5) is 0 Å². The largest absolute Gasteiger partial charge is 0.480 e. The smallest absolute Gasteiger partial charge is 0.318 e. The van der Waals surface area contributed by atoms with E-state index < -0.39 is 28.4 Å². The molecule has 1 aromatic heterocycles. The SMILES string of the molecule is CN(CC(=O)O)S(=O)(=O)c1cc(C(N)=O)n(C)c1. The zero-order valence-electron chi connectivity index (χ0n) is 9.82. The number of amides is 1. The summed E-state index contributed by atoms with van der Waals surface area (Å²) in [5.41, 5.74) is 5.09. The van der Waals surface area contributed by atoms with E-state index >= 15 is 0 Å². The predicted octanol–water partition coefficient (Wildman–Crippen LogP) is -1.17. The lowest BCUT2D eigenvalue weighted by atomic mass is 10.4. The van der Waals surface area contributed by atoms with E-state index in [1.807, 2.05) is 0 Å². The Morgan fingerprint density at radius 1 is 1.50 bits per heavy atom. The maximum absolute atomic E-state index is 12.0. The molecule has 1 aromatic rings. The summed E-state index contributed by atoms with van der Waals surface area (Å²) in [6, 6.07) is 1.11. The van der Waals surface area contributed by atoms with Crippen LogP contribution in [0.5, 0.6) is 0 Å². The van der Waals surface area contributed by atoms with Gasteiger partial charge < -0.3 is 15.4 Å². The summed E-state index contributed by atoms with van der Waals surface area (Å²) >= 11 is 0. The maximum Gasteiger partial charge on any atom is 0.318 e. The van der Waals surface area contributed by atoms with Gasteiger partial charge in [-0.2, -0.15) is 4.31 Å². The van der Waals surface area contributed by atoms with Gasteiger partial charge in [0, 0.05) is 20.3 Å². The summed E-state index contributed by atoms with van der Waals surface area (Å²) in [6.07, 6.45) is 1.20. The van der Waals surface area contributed by atoms with Crippen molar-refractivity contribution in [3.05, 3.63) is 18.0 Å². The van der Waals surface area contributed by atoms with Crippen molar-refractivity contribution in [3.63, 3.8) is 0 Å². The van der Waals surface area contributed by atoms with Crippen molar-refractivity contribution in [2.75, 3.05) is 13.6 Å². The van der Waals surface area contributed by atoms with Crippen LogP contribution in [-0.2, 0) is 21.9 Å². The molecule has 0 saturated heterocycles. The fourth-order valence-corrected chi connectivity index (χ4v) is 2.57. The van der Waals surface area contributed by atoms with Crippen molar-refractivity contribution in [1.82, 2.24) is 8.87 Å². The zero-order chi connectivity index (χ0) is 14.1. The summed E-state index contributed by atoms with van der Waals surface area (Å²) in [5.74, 6) is -2.04. The van der Waals surface area contributed by atoms with Crippen molar-refractivity contribution in [1.29, 1.82) is 0 Å². The first kappa shape index (κ1) is 14.2. The highest BCUT2D eigenvalue weighted by Gasteiger charge is 2.25. The highest BCUT2D eigenvalue weighted by Crippen LogP contribution is 2.17. The lowest BCUT2D eigenvalue weighted by Gasteiger charge is -2.13. The third kappa shape index (κ3) is 2.68. The van der Waals surface area contributed by atoms with Crippen molar-refractivity contribution in [2.45, 2.75) is 4.90 Å². The molecule has 8 nitrogen and oxygen atoms in total. The van der Waals surface area contributed by atoms with Crippen LogP contribution in [0.3, 0.4) is 0 Å². The van der Waals surface area contributed by atoms with Crippen LogP contribution in [0.2, 0.25) is 0 Å². The van der Waals surface area contributed by atoms with Crippen molar-refractivity contribution < 1.29 is 23.1 Å². The second kappa shape index (κ2) is 4.78. The molecule has 1 amide bonds. The Kier molecular flexibility index (Phi) is 3.77. The van der Waals surface area contributed by atoms with E-state index in [9.17, 15) is 18.0 Å². The molecule has 1 rings (SSSR count). The summed E-state index contributed by atoms with van der Waals surface area (Å²) in [6.45, 7) is -0.664. The molecule has 0 aromatic carbocycles. The van der Waals surface area contributed by atoms with Crippen LogP contribution in [0.1, 0.15) is 10.5 Å². The van der Waals surface area contributed by atoms with Gasteiger partial charge in [0.1, 0.15) is 17.1 Å². The molecule has 3 N–H and O–H groups in total. The normalized spacial score (nSPS) is 11.7. The molecule has 0 bridgehead atoms. The summed E-state index contributed by atoms with van der Waals surface area (Å²) in [4.78, 5) is 21.3. The molecular weight excluding hydrogens is 262 g/mol. The van der Waals surface area contributed by atoms with E-state index in [0.717, 1.165) is 13.1 Å². The lowest BCUT2D eigenvalue weighted by Crippen LogP contribution is -2.31. The van der Waals surface area contributed by atoms with Gasteiger partial charge in [0.25, 0.3) is 5.91 Å². The monoisotopic (exact) mass is 275 g/mol. The molecule has 100 valence electrons. The van der Waals surface area contributed by atoms with E-state index in [-0.39, 0.29) is 10.6 Å². The minimum atomic E-state index is -3.95. The number of carbonyl (C=O) groups excluding carboxylic acids is 1. The first-order chi connectivity index (χ1) is 8.16. The molecule has 9 heteroatoms. The summed E-state index contributed by atoms with van der Waals surface area (Å²) in [7, 11) is -1.34. The Bertz CT molecular complexity index is 589. The number of carbonyl (C=O) groups is 2. The van der Waals surface area contributed by atoms with Crippen molar-refractivity contribution in [2.24, 2.45) is 12.8 Å². The van der Waals surface area contributed by atoms with Gasteiger partial charge in [0.05, 0.1) is 0 Å². The Morgan fingerprint density at radius 3 is 2.44 bits per heavy atom. The number of aromatic nitrogens is 1. The second-order valence-corrected chi connectivity index (χ2v) is 5.74. The molecule has 0 fully saturated rings. The van der Waals surface area contributed by atoms with Gasteiger partial charge in [-0.1, -0.05) is 0 Å². The number of carboxylic acid groups (broad SMARTS) is 1. The number of aryl methyl sites for hydroxylation is 1. The quantitative estimate of drug-likeness (QED) is 0.701. The highest BCUT2D eigenvalue weighted by atomic mass is 32.2. The van der Waals surface area contributed by atoms with E-state index in [1.54, 1.807) is 0 Å². The van der Waals surface area contributed by atoms with Crippen molar-refractivity contribution >= 4 is 21.9 Å². The number of primary amides is 1. The van der Waals surface area contributed by atoms with Gasteiger partial charge in [-0.15, -0.1) is 0 Å². The van der Waals surface area contributed by atoms with Crippen LogP contribution in [0.25, 0.3) is 0 Å². The minimum Gasteiger partial charge on any atom is -0.480 e. The second-order valence-electron chi connectivity index (χ2n) is 3.69. The third-order valence-corrected chi connectivity index (χ3v) is 4.07. The summed E-state index contributed by atoms with van der Waals surface area (Å²) < 4.78 is 25.8. The van der Waals surface area contributed by atoms with Gasteiger partial charge in [-0.05, 0) is 6.07 Å². The number of hydrogen-bond acceptors (Lipinski definition) is 4. The number of likely N-dealkylation sites (N-methyl/N-ethyl adjacent to an activating group) is 1. The van der Waals surface area contributed by atoms with E-state index in [1.165, 1.54) is 17.8 Å². The van der Waals surface area contributed by atoms with Gasteiger partial charge in [0.15, 0.2) is 0 Å². The number of nitrogens with zero attached hydrogens (tertiary/aromatic N) is 2. The number of sulfonamides is 1. The molecule has 0 aliphatic rings. The molecule has 1 heterocycles. The van der Waals surface area contributed by atoms with Gasteiger partial charge in [-0.3, -0.25) is 9.59 Å². The molecule has 18 heavy (non-hydrogen) atoms. The fraction of sp³-hybridized carbons (Fsp3) is 0.333. The molecule has 0 radical (unpaired) electrons. The Morgan fingerprint density at radius 2 is 2.06 bits per heavy atom. The van der Waals surface area contributed by atoms with Crippen LogP contribution in [-0.4, -0.2) is 47.9 Å². The number of hydrogen-bond donors (Lipinski definition) is 2. The first-order valence-corrected chi connectivity index (χ1v) is 6.24. The van der Waals surface area contributed by atoms with E-state index in [2.05, 4.69) is 0 Å². The van der Waals surface area contributed by atoms with Crippen LogP contribution in [0, 0.1) is 0 Å². The Labute approximate surface area is 104 Å². The fourth-order valence-electron chi connectivity index (χ4n) is 1.38. The van der Waals surface area contributed by atoms with E-state index in [0.29, 0.717) is 4.31 Å². The Hall–Kier alpha value is -1.87. The average molecular weight is 275 g/mol. The molecule has 0 unspecified atom stereocenters. The molecule has 0 atom stereocenters. The molecule has 0 aliphatic heterocycles. The first-order valence-electron chi connectivity index (χ1n) is 4.80. The van der Waals surface area contributed by atoms with Gasteiger partial charge in [-0.25, -0.2) is 8.42 Å². The summed E-state index contributed by atoms with van der Waals surface area (Å²) in [5, 5.41) is 8.56.